The van der Waals surface area contributed by atoms with Crippen molar-refractivity contribution in [1.82, 2.24) is 24.6 Å². The number of halogens is 1. The van der Waals surface area contributed by atoms with Crippen LogP contribution >= 0.6 is 11.6 Å². The van der Waals surface area contributed by atoms with E-state index in [1.165, 1.54) is 0 Å². The van der Waals surface area contributed by atoms with Crippen molar-refractivity contribution in [3.8, 4) is 5.88 Å². The average molecular weight is 424 g/mol. The van der Waals surface area contributed by atoms with Gasteiger partial charge in [-0.3, -0.25) is 9.98 Å². The van der Waals surface area contributed by atoms with Crippen LogP contribution in [0.1, 0.15) is 24.1 Å². The maximum Gasteiger partial charge on any atom is 0.326 e. The maximum absolute atomic E-state index is 11.4. The molecule has 4 aromatic rings. The van der Waals surface area contributed by atoms with Gasteiger partial charge in [-0.2, -0.15) is 9.61 Å². The molecule has 0 saturated heterocycles. The first-order chi connectivity index (χ1) is 14.5. The van der Waals surface area contributed by atoms with Crippen LogP contribution in [0.15, 0.2) is 40.2 Å². The second-order valence-electron chi connectivity index (χ2n) is 7.27. The fourth-order valence-electron chi connectivity index (χ4n) is 3.08. The summed E-state index contributed by atoms with van der Waals surface area (Å²) < 4.78 is 1.65. The molecule has 1 fully saturated rings. The number of hydrogen-bond donors (Lipinski definition) is 4. The van der Waals surface area contributed by atoms with E-state index in [4.69, 9.17) is 16.6 Å². The Balaban J connectivity index is 1.67. The SMILES string of the molecule is Cc1ccc(Nc2cc(=NC3CC3)n3nc/c(=C/c4[nH]c(=O)[nH]c4O)c3n2)cc1Cl. The van der Waals surface area contributed by atoms with E-state index in [9.17, 15) is 9.90 Å². The smallest absolute Gasteiger partial charge is 0.326 e. The molecule has 5 rings (SSSR count). The molecule has 1 aliphatic carbocycles. The minimum absolute atomic E-state index is 0.245. The Morgan fingerprint density at radius 1 is 1.33 bits per heavy atom. The van der Waals surface area contributed by atoms with Gasteiger partial charge >= 0.3 is 5.69 Å². The van der Waals surface area contributed by atoms with E-state index in [1.54, 1.807) is 16.8 Å². The lowest BCUT2D eigenvalue weighted by Gasteiger charge is -2.08. The Hall–Kier alpha value is -3.59. The summed E-state index contributed by atoms with van der Waals surface area (Å²) in [6.45, 7) is 1.94. The molecule has 3 aromatic heterocycles. The van der Waals surface area contributed by atoms with Gasteiger partial charge < -0.3 is 15.4 Å². The highest BCUT2D eigenvalue weighted by Crippen LogP contribution is 2.24. The van der Waals surface area contributed by atoms with Crippen LogP contribution in [-0.2, 0) is 0 Å². The largest absolute Gasteiger partial charge is 0.493 e. The van der Waals surface area contributed by atoms with Crippen molar-refractivity contribution < 1.29 is 5.11 Å². The molecule has 0 atom stereocenters. The van der Waals surface area contributed by atoms with Crippen molar-refractivity contribution in [3.63, 3.8) is 0 Å². The third-order valence-corrected chi connectivity index (χ3v) is 5.23. The highest BCUT2D eigenvalue weighted by atomic mass is 35.5. The molecule has 10 heteroatoms. The molecule has 0 unspecified atom stereocenters. The summed E-state index contributed by atoms with van der Waals surface area (Å²) in [5.41, 5.74) is 2.77. The zero-order valence-corrected chi connectivity index (χ0v) is 16.7. The number of anilines is 2. The van der Waals surface area contributed by atoms with Crippen molar-refractivity contribution >= 4 is 34.8 Å². The fraction of sp³-hybridized carbons (Fsp3) is 0.200. The summed E-state index contributed by atoms with van der Waals surface area (Å²) in [5.74, 6) is 0.342. The third-order valence-electron chi connectivity index (χ3n) is 4.82. The average Bonchev–Trinajstić information content (AvgIpc) is 3.34. The second kappa shape index (κ2) is 7.03. The highest BCUT2D eigenvalue weighted by Gasteiger charge is 2.20. The Kier molecular flexibility index (Phi) is 4.32. The summed E-state index contributed by atoms with van der Waals surface area (Å²) >= 11 is 6.24. The number of imidazole rings is 1. The van der Waals surface area contributed by atoms with E-state index < -0.39 is 5.69 Å². The first-order valence-electron chi connectivity index (χ1n) is 9.45. The van der Waals surface area contributed by atoms with Gasteiger partial charge in [-0.1, -0.05) is 17.7 Å². The molecule has 30 heavy (non-hydrogen) atoms. The van der Waals surface area contributed by atoms with E-state index in [1.807, 2.05) is 31.2 Å². The Bertz CT molecular complexity index is 1450. The predicted octanol–water partition coefficient (Wildman–Crippen LogP) is 1.77. The lowest BCUT2D eigenvalue weighted by molar-refractivity contribution is 0.454. The monoisotopic (exact) mass is 423 g/mol. The summed E-state index contributed by atoms with van der Waals surface area (Å²) in [4.78, 5) is 25.7. The highest BCUT2D eigenvalue weighted by molar-refractivity contribution is 6.31. The van der Waals surface area contributed by atoms with Crippen LogP contribution in [0.3, 0.4) is 0 Å². The number of aromatic amines is 2. The number of H-pyrrole nitrogens is 2. The van der Waals surface area contributed by atoms with Crippen molar-refractivity contribution in [2.24, 2.45) is 4.99 Å². The molecule has 0 bridgehead atoms. The normalized spacial score (nSPS) is 15.3. The molecule has 3 heterocycles. The second-order valence-corrected chi connectivity index (χ2v) is 7.68. The van der Waals surface area contributed by atoms with Crippen LogP contribution in [0.5, 0.6) is 5.88 Å². The van der Waals surface area contributed by atoms with E-state index in [2.05, 4.69) is 25.4 Å². The van der Waals surface area contributed by atoms with Gasteiger partial charge in [0, 0.05) is 22.0 Å². The van der Waals surface area contributed by atoms with Gasteiger partial charge in [0.1, 0.15) is 11.5 Å². The summed E-state index contributed by atoms with van der Waals surface area (Å²) in [7, 11) is 0. The van der Waals surface area contributed by atoms with E-state index >= 15 is 0 Å². The lowest BCUT2D eigenvalue weighted by Crippen LogP contribution is -2.19. The van der Waals surface area contributed by atoms with Crippen molar-refractivity contribution in [2.45, 2.75) is 25.8 Å². The molecule has 9 nitrogen and oxygen atoms in total. The zero-order valence-electron chi connectivity index (χ0n) is 16.0. The number of fused-ring (bicyclic) bond motifs is 1. The van der Waals surface area contributed by atoms with Gasteiger partial charge in [0.2, 0.25) is 5.88 Å². The molecular formula is C20H18ClN7O2. The predicted molar refractivity (Wildman–Crippen MR) is 113 cm³/mol. The number of aromatic nitrogens is 5. The number of rotatable bonds is 4. The van der Waals surface area contributed by atoms with Crippen LogP contribution in [0.2, 0.25) is 5.02 Å². The van der Waals surface area contributed by atoms with Gasteiger partial charge in [-0.25, -0.2) is 9.78 Å². The Labute approximate surface area is 174 Å². The molecule has 1 aromatic carbocycles. The van der Waals surface area contributed by atoms with Gasteiger partial charge in [0.25, 0.3) is 0 Å². The van der Waals surface area contributed by atoms with Crippen molar-refractivity contribution in [3.05, 3.63) is 67.9 Å². The summed E-state index contributed by atoms with van der Waals surface area (Å²) in [6, 6.07) is 7.83. The van der Waals surface area contributed by atoms with Crippen LogP contribution in [-0.4, -0.2) is 35.7 Å². The van der Waals surface area contributed by atoms with Crippen molar-refractivity contribution in [1.29, 1.82) is 0 Å². The first-order valence-corrected chi connectivity index (χ1v) is 9.83. The number of aromatic hydroxyl groups is 1. The molecule has 0 aliphatic heterocycles. The molecule has 1 aliphatic rings. The van der Waals surface area contributed by atoms with Gasteiger partial charge in [-0.05, 0) is 43.5 Å². The molecule has 152 valence electrons. The van der Waals surface area contributed by atoms with Crippen LogP contribution < -0.4 is 21.7 Å². The maximum atomic E-state index is 11.4. The lowest BCUT2D eigenvalue weighted by atomic mass is 10.2. The van der Waals surface area contributed by atoms with E-state index in [0.717, 1.165) is 24.1 Å². The molecule has 4 N–H and O–H groups in total. The summed E-state index contributed by atoms with van der Waals surface area (Å²) in [5, 5.41) is 18.8. The molecule has 1 saturated carbocycles. The van der Waals surface area contributed by atoms with Crippen LogP contribution in [0.4, 0.5) is 11.5 Å². The molecule has 0 radical (unpaired) electrons. The number of nitrogens with zero attached hydrogens (tertiary/aromatic N) is 4. The standard InChI is InChI=1S/C20H18ClN7O2/c1-10-2-3-13(7-14(10)21)23-16-8-17(24-12-4-5-12)28-18(26-16)11(9-22-28)6-15-19(29)27-20(30)25-15/h2-3,6-9,12,23,29H,4-5H2,1H3,(H2,25,27,30)/b11-6-,24-17?. The van der Waals surface area contributed by atoms with Crippen LogP contribution in [0, 0.1) is 6.92 Å². The van der Waals surface area contributed by atoms with Crippen LogP contribution in [0.25, 0.3) is 11.7 Å². The Morgan fingerprint density at radius 3 is 2.87 bits per heavy atom. The van der Waals surface area contributed by atoms with Gasteiger partial charge in [-0.15, -0.1) is 0 Å². The van der Waals surface area contributed by atoms with E-state index in [-0.39, 0.29) is 11.6 Å². The number of aryl methyl sites for hydroxylation is 1. The molecule has 0 amide bonds. The first kappa shape index (κ1) is 18.4. The molecule has 0 spiro atoms. The Morgan fingerprint density at radius 2 is 2.17 bits per heavy atom. The zero-order chi connectivity index (χ0) is 20.8. The van der Waals surface area contributed by atoms with Crippen molar-refractivity contribution in [2.75, 3.05) is 5.32 Å². The number of benzene rings is 1. The topological polar surface area (TPSA) is 123 Å². The molecular weight excluding hydrogens is 406 g/mol. The van der Waals surface area contributed by atoms with Gasteiger partial charge in [0.05, 0.1) is 12.2 Å². The fourth-order valence-corrected chi connectivity index (χ4v) is 3.26. The number of hydrogen-bond acceptors (Lipinski definition) is 6. The minimum atomic E-state index is -0.494. The van der Waals surface area contributed by atoms with E-state index in [0.29, 0.717) is 33.2 Å². The third kappa shape index (κ3) is 3.55. The van der Waals surface area contributed by atoms with Gasteiger partial charge in [0.15, 0.2) is 11.1 Å². The number of nitrogens with one attached hydrogen (secondary N) is 3. The minimum Gasteiger partial charge on any atom is -0.493 e. The summed E-state index contributed by atoms with van der Waals surface area (Å²) in [6.07, 6.45) is 5.33. The quantitative estimate of drug-likeness (QED) is 0.398.